The maximum atomic E-state index is 12.3. The number of hydrogen-bond donors (Lipinski definition) is 1. The highest BCUT2D eigenvalue weighted by molar-refractivity contribution is 14.0. The number of aromatic nitrogens is 1. The molecule has 1 N–H and O–H groups in total. The van der Waals surface area contributed by atoms with Gasteiger partial charge in [0.1, 0.15) is 5.82 Å². The second kappa shape index (κ2) is 9.05. The molecular weight excluding hydrogens is 419 g/mol. The van der Waals surface area contributed by atoms with Crippen molar-refractivity contribution in [1.82, 2.24) is 20.1 Å². The Balaban J connectivity index is 0.00000208. The molecule has 1 saturated heterocycles. The first-order chi connectivity index (χ1) is 11.2. The van der Waals surface area contributed by atoms with Crippen LogP contribution in [0.4, 0.5) is 5.82 Å². The van der Waals surface area contributed by atoms with Crippen molar-refractivity contribution in [3.63, 3.8) is 0 Å². The van der Waals surface area contributed by atoms with E-state index in [2.05, 4.69) is 25.1 Å². The Labute approximate surface area is 160 Å². The highest BCUT2D eigenvalue weighted by Gasteiger charge is 2.21. The minimum absolute atomic E-state index is 0. The zero-order chi connectivity index (χ0) is 16.1. The fourth-order valence-electron chi connectivity index (χ4n) is 2.89. The van der Waals surface area contributed by atoms with Gasteiger partial charge in [-0.1, -0.05) is 6.07 Å². The molecule has 0 aromatic carbocycles. The van der Waals surface area contributed by atoms with Gasteiger partial charge in [0, 0.05) is 58.9 Å². The van der Waals surface area contributed by atoms with Crippen molar-refractivity contribution < 1.29 is 4.79 Å². The number of nitrogens with one attached hydrogen (secondary N) is 1. The minimum Gasteiger partial charge on any atom is -0.356 e. The molecule has 8 heteroatoms. The van der Waals surface area contributed by atoms with E-state index in [1.54, 1.807) is 6.20 Å². The molecular formula is C16H25IN6O. The second-order valence-electron chi connectivity index (χ2n) is 5.86. The van der Waals surface area contributed by atoms with Crippen LogP contribution in [0.25, 0.3) is 0 Å². The molecule has 0 aliphatic carbocycles. The number of hydrogen-bond acceptors (Lipinski definition) is 6. The molecule has 24 heavy (non-hydrogen) atoms. The first-order valence-corrected chi connectivity index (χ1v) is 8.17. The van der Waals surface area contributed by atoms with Gasteiger partial charge < -0.3 is 20.0 Å². The Bertz CT molecular complexity index is 559. The van der Waals surface area contributed by atoms with Crippen LogP contribution in [0.2, 0.25) is 0 Å². The van der Waals surface area contributed by atoms with E-state index in [1.165, 1.54) is 0 Å². The van der Waals surface area contributed by atoms with Crippen LogP contribution in [0.15, 0.2) is 29.4 Å². The van der Waals surface area contributed by atoms with Crippen LogP contribution in [0.1, 0.15) is 6.42 Å². The predicted octanol–water partition coefficient (Wildman–Crippen LogP) is 0.629. The van der Waals surface area contributed by atoms with Crippen molar-refractivity contribution in [1.29, 1.82) is 0 Å². The number of guanidine groups is 1. The van der Waals surface area contributed by atoms with Crippen molar-refractivity contribution in [2.75, 3.05) is 57.8 Å². The molecule has 2 aliphatic heterocycles. The first kappa shape index (κ1) is 18.8. The van der Waals surface area contributed by atoms with Gasteiger partial charge in [0.2, 0.25) is 5.91 Å². The molecule has 0 saturated carbocycles. The molecule has 0 radical (unpaired) electrons. The third kappa shape index (κ3) is 4.71. The Hall–Kier alpha value is -1.58. The number of halogens is 1. The number of piperazine rings is 1. The average molecular weight is 444 g/mol. The summed E-state index contributed by atoms with van der Waals surface area (Å²) in [6.07, 6.45) is 2.32. The Morgan fingerprint density at radius 2 is 2.00 bits per heavy atom. The number of rotatable bonds is 4. The summed E-state index contributed by atoms with van der Waals surface area (Å²) < 4.78 is 0. The molecule has 0 unspecified atom stereocenters. The summed E-state index contributed by atoms with van der Waals surface area (Å²) in [7, 11) is 2.01. The predicted molar refractivity (Wildman–Crippen MR) is 106 cm³/mol. The third-order valence-corrected chi connectivity index (χ3v) is 4.29. The molecule has 1 amide bonds. The van der Waals surface area contributed by atoms with Crippen LogP contribution in [0.3, 0.4) is 0 Å². The summed E-state index contributed by atoms with van der Waals surface area (Å²) in [6, 6.07) is 5.93. The number of carbonyl (C=O) groups excluding carboxylic acids is 1. The molecule has 132 valence electrons. The minimum atomic E-state index is 0. The number of nitrogens with zero attached hydrogens (tertiary/aromatic N) is 5. The maximum absolute atomic E-state index is 12.3. The van der Waals surface area contributed by atoms with Gasteiger partial charge >= 0.3 is 0 Å². The zero-order valence-corrected chi connectivity index (χ0v) is 16.3. The van der Waals surface area contributed by atoms with Crippen LogP contribution in [0.5, 0.6) is 0 Å². The normalized spacial score (nSPS) is 17.4. The van der Waals surface area contributed by atoms with E-state index in [-0.39, 0.29) is 29.9 Å². The van der Waals surface area contributed by atoms with E-state index < -0.39 is 0 Å². The SMILES string of the molecule is CN1CCN=C1NCCC(=O)N1CCN(c2ccccn2)CC1.I. The van der Waals surface area contributed by atoms with Crippen LogP contribution < -0.4 is 10.2 Å². The maximum Gasteiger partial charge on any atom is 0.224 e. The number of aliphatic imine (C=N–C) groups is 1. The number of amides is 1. The van der Waals surface area contributed by atoms with E-state index in [4.69, 9.17) is 0 Å². The smallest absolute Gasteiger partial charge is 0.224 e. The number of likely N-dealkylation sites (N-methyl/N-ethyl adjacent to an activating group) is 1. The highest BCUT2D eigenvalue weighted by Crippen LogP contribution is 2.12. The summed E-state index contributed by atoms with van der Waals surface area (Å²) in [6.45, 7) is 5.63. The molecule has 0 bridgehead atoms. The lowest BCUT2D eigenvalue weighted by atomic mass is 10.2. The van der Waals surface area contributed by atoms with E-state index >= 15 is 0 Å². The monoisotopic (exact) mass is 444 g/mol. The summed E-state index contributed by atoms with van der Waals surface area (Å²) in [5.74, 6) is 2.10. The standard InChI is InChI=1S/C16H24N6O.HI/c1-20-9-8-19-16(20)18-7-5-15(23)22-12-10-21(11-13-22)14-4-2-3-6-17-14;/h2-4,6H,5,7-13H2,1H3,(H,18,19);1H. The quantitative estimate of drug-likeness (QED) is 0.691. The summed E-state index contributed by atoms with van der Waals surface area (Å²) in [4.78, 5) is 27.3. The fourth-order valence-corrected chi connectivity index (χ4v) is 2.89. The van der Waals surface area contributed by atoms with E-state index in [1.807, 2.05) is 30.1 Å². The first-order valence-electron chi connectivity index (χ1n) is 8.17. The van der Waals surface area contributed by atoms with Crippen molar-refractivity contribution in [3.05, 3.63) is 24.4 Å². The Morgan fingerprint density at radius 1 is 1.21 bits per heavy atom. The summed E-state index contributed by atoms with van der Waals surface area (Å²) >= 11 is 0. The van der Waals surface area contributed by atoms with Gasteiger partial charge in [-0.3, -0.25) is 9.79 Å². The van der Waals surface area contributed by atoms with Gasteiger partial charge in [0.15, 0.2) is 5.96 Å². The Morgan fingerprint density at radius 3 is 2.62 bits per heavy atom. The number of pyridine rings is 1. The molecule has 3 rings (SSSR count). The molecule has 1 fully saturated rings. The zero-order valence-electron chi connectivity index (χ0n) is 14.0. The number of carbonyl (C=O) groups is 1. The van der Waals surface area contributed by atoms with Crippen molar-refractivity contribution in [2.45, 2.75) is 6.42 Å². The van der Waals surface area contributed by atoms with Crippen LogP contribution in [-0.2, 0) is 4.79 Å². The molecule has 2 aliphatic rings. The number of anilines is 1. The Kier molecular flexibility index (Phi) is 7.07. The van der Waals surface area contributed by atoms with Gasteiger partial charge in [0.05, 0.1) is 6.54 Å². The van der Waals surface area contributed by atoms with Crippen LogP contribution >= 0.6 is 24.0 Å². The molecule has 1 aromatic heterocycles. The molecule has 0 spiro atoms. The van der Waals surface area contributed by atoms with Gasteiger partial charge in [-0.05, 0) is 12.1 Å². The molecule has 1 aromatic rings. The van der Waals surface area contributed by atoms with Gasteiger partial charge in [-0.2, -0.15) is 0 Å². The van der Waals surface area contributed by atoms with Crippen molar-refractivity contribution >= 4 is 41.7 Å². The fraction of sp³-hybridized carbons (Fsp3) is 0.562. The summed E-state index contributed by atoms with van der Waals surface area (Å²) in [5.41, 5.74) is 0. The van der Waals surface area contributed by atoms with E-state index in [0.29, 0.717) is 13.0 Å². The topological polar surface area (TPSA) is 64.1 Å². The lowest BCUT2D eigenvalue weighted by Crippen LogP contribution is -2.49. The van der Waals surface area contributed by atoms with E-state index in [9.17, 15) is 4.79 Å². The van der Waals surface area contributed by atoms with E-state index in [0.717, 1.165) is 51.0 Å². The van der Waals surface area contributed by atoms with Crippen LogP contribution in [0, 0.1) is 0 Å². The van der Waals surface area contributed by atoms with Gasteiger partial charge in [0.25, 0.3) is 0 Å². The third-order valence-electron chi connectivity index (χ3n) is 4.29. The lowest BCUT2D eigenvalue weighted by molar-refractivity contribution is -0.131. The second-order valence-corrected chi connectivity index (χ2v) is 5.86. The molecule has 0 atom stereocenters. The summed E-state index contributed by atoms with van der Waals surface area (Å²) in [5, 5.41) is 3.24. The molecule has 7 nitrogen and oxygen atoms in total. The molecule has 3 heterocycles. The average Bonchev–Trinajstić information content (AvgIpc) is 3.01. The van der Waals surface area contributed by atoms with Crippen LogP contribution in [-0.4, -0.2) is 79.5 Å². The lowest BCUT2D eigenvalue weighted by Gasteiger charge is -2.35. The van der Waals surface area contributed by atoms with Crippen molar-refractivity contribution in [2.24, 2.45) is 4.99 Å². The highest BCUT2D eigenvalue weighted by atomic mass is 127. The van der Waals surface area contributed by atoms with Gasteiger partial charge in [-0.25, -0.2) is 4.98 Å². The van der Waals surface area contributed by atoms with Gasteiger partial charge in [-0.15, -0.1) is 24.0 Å². The van der Waals surface area contributed by atoms with Crippen molar-refractivity contribution in [3.8, 4) is 0 Å². The largest absolute Gasteiger partial charge is 0.356 e.